The van der Waals surface area contributed by atoms with Gasteiger partial charge in [-0.05, 0) is 18.8 Å². The standard InChI is InChI=1S/C12H14F5NO3/c13-11(14)5-10(6-11,9(20)21)7-2-1-3-18(4-7)8(19)12(15,16)17/h7H,1-6H2,(H,20,21). The van der Waals surface area contributed by atoms with Crippen LogP contribution in [0.3, 0.4) is 0 Å². The highest BCUT2D eigenvalue weighted by molar-refractivity contribution is 5.82. The van der Waals surface area contributed by atoms with Gasteiger partial charge in [0.2, 0.25) is 5.92 Å². The van der Waals surface area contributed by atoms with Gasteiger partial charge in [0.1, 0.15) is 0 Å². The van der Waals surface area contributed by atoms with Gasteiger partial charge in [0.15, 0.2) is 0 Å². The van der Waals surface area contributed by atoms with E-state index in [-0.39, 0.29) is 19.4 Å². The number of halogens is 5. The van der Waals surface area contributed by atoms with Crippen molar-refractivity contribution in [2.24, 2.45) is 11.3 Å². The minimum absolute atomic E-state index is 0.138. The number of alkyl halides is 5. The number of likely N-dealkylation sites (tertiary alicyclic amines) is 1. The predicted octanol–water partition coefficient (Wildman–Crippen LogP) is 2.29. The molecule has 0 radical (unpaired) electrons. The molecule has 1 atom stereocenters. The summed E-state index contributed by atoms with van der Waals surface area (Å²) in [5, 5.41) is 9.19. The largest absolute Gasteiger partial charge is 0.481 e. The van der Waals surface area contributed by atoms with Gasteiger partial charge in [0.25, 0.3) is 0 Å². The second-order valence-electron chi connectivity index (χ2n) is 5.76. The maximum Gasteiger partial charge on any atom is 0.471 e. The maximum absolute atomic E-state index is 13.1. The van der Waals surface area contributed by atoms with Crippen LogP contribution in [0.25, 0.3) is 0 Å². The van der Waals surface area contributed by atoms with E-state index >= 15 is 0 Å². The molecular formula is C12H14F5NO3. The Kier molecular flexibility index (Phi) is 3.66. The molecular weight excluding hydrogens is 301 g/mol. The monoisotopic (exact) mass is 315 g/mol. The van der Waals surface area contributed by atoms with Crippen molar-refractivity contribution < 1.29 is 36.6 Å². The topological polar surface area (TPSA) is 57.6 Å². The smallest absolute Gasteiger partial charge is 0.471 e. The van der Waals surface area contributed by atoms with Gasteiger partial charge in [-0.15, -0.1) is 0 Å². The fourth-order valence-corrected chi connectivity index (χ4v) is 3.28. The van der Waals surface area contributed by atoms with Crippen LogP contribution in [0.2, 0.25) is 0 Å². The average Bonchev–Trinajstić information content (AvgIpc) is 2.33. The highest BCUT2D eigenvalue weighted by Gasteiger charge is 2.65. The summed E-state index contributed by atoms with van der Waals surface area (Å²) in [7, 11) is 0. The van der Waals surface area contributed by atoms with Crippen LogP contribution in [0.5, 0.6) is 0 Å². The molecule has 21 heavy (non-hydrogen) atoms. The lowest BCUT2D eigenvalue weighted by atomic mass is 9.57. The molecule has 1 heterocycles. The van der Waals surface area contributed by atoms with Gasteiger partial charge in [-0.25, -0.2) is 8.78 Å². The Bertz CT molecular complexity index is 454. The fraction of sp³-hybridized carbons (Fsp3) is 0.833. The van der Waals surface area contributed by atoms with Crippen molar-refractivity contribution in [1.82, 2.24) is 4.90 Å². The van der Waals surface area contributed by atoms with Crippen LogP contribution in [0, 0.1) is 11.3 Å². The molecule has 120 valence electrons. The van der Waals surface area contributed by atoms with Gasteiger partial charge in [-0.3, -0.25) is 9.59 Å². The average molecular weight is 315 g/mol. The van der Waals surface area contributed by atoms with Crippen LogP contribution in [0.1, 0.15) is 25.7 Å². The van der Waals surface area contributed by atoms with Gasteiger partial charge in [-0.2, -0.15) is 13.2 Å². The normalized spacial score (nSPS) is 27.9. The number of hydrogen-bond acceptors (Lipinski definition) is 2. The summed E-state index contributed by atoms with van der Waals surface area (Å²) >= 11 is 0. The summed E-state index contributed by atoms with van der Waals surface area (Å²) in [6.45, 7) is -0.582. The van der Waals surface area contributed by atoms with Crippen LogP contribution in [-0.4, -0.2) is 47.1 Å². The van der Waals surface area contributed by atoms with E-state index in [9.17, 15) is 36.6 Å². The van der Waals surface area contributed by atoms with Crippen LogP contribution in [-0.2, 0) is 9.59 Å². The molecule has 4 nitrogen and oxygen atoms in total. The number of carboxylic acid groups (broad SMARTS) is 1. The van der Waals surface area contributed by atoms with Crippen molar-refractivity contribution >= 4 is 11.9 Å². The molecule has 2 fully saturated rings. The Hall–Kier alpha value is -1.41. The fourth-order valence-electron chi connectivity index (χ4n) is 3.28. The molecule has 0 aromatic heterocycles. The zero-order chi connectivity index (χ0) is 16.1. The summed E-state index contributed by atoms with van der Waals surface area (Å²) in [5.74, 6) is -7.46. The number of rotatable bonds is 2. The minimum atomic E-state index is -5.04. The van der Waals surface area contributed by atoms with Crippen molar-refractivity contribution in [3.8, 4) is 0 Å². The number of carboxylic acids is 1. The van der Waals surface area contributed by atoms with Crippen LogP contribution >= 0.6 is 0 Å². The molecule has 0 bridgehead atoms. The summed E-state index contributed by atoms with van der Waals surface area (Å²) in [6, 6.07) is 0. The van der Waals surface area contributed by atoms with E-state index in [2.05, 4.69) is 0 Å². The van der Waals surface area contributed by atoms with Gasteiger partial charge in [0.05, 0.1) is 5.41 Å². The lowest BCUT2D eigenvalue weighted by molar-refractivity contribution is -0.214. The molecule has 1 saturated heterocycles. The summed E-state index contributed by atoms with van der Waals surface area (Å²) in [6.07, 6.45) is -6.40. The Labute approximate surface area is 116 Å². The van der Waals surface area contributed by atoms with Crippen LogP contribution in [0.4, 0.5) is 22.0 Å². The van der Waals surface area contributed by atoms with Gasteiger partial charge < -0.3 is 10.0 Å². The zero-order valence-electron chi connectivity index (χ0n) is 10.9. The number of hydrogen-bond donors (Lipinski definition) is 1. The number of aliphatic carboxylic acids is 1. The first-order valence-corrected chi connectivity index (χ1v) is 6.45. The summed E-state index contributed by atoms with van der Waals surface area (Å²) in [5.41, 5.74) is -1.73. The Morgan fingerprint density at radius 3 is 2.19 bits per heavy atom. The Balaban J connectivity index is 2.14. The van der Waals surface area contributed by atoms with Gasteiger partial charge >= 0.3 is 18.1 Å². The van der Waals surface area contributed by atoms with E-state index in [1.165, 1.54) is 0 Å². The number of piperidine rings is 1. The molecule has 9 heteroatoms. The molecule has 0 spiro atoms. The third-order valence-corrected chi connectivity index (χ3v) is 4.31. The lowest BCUT2D eigenvalue weighted by Gasteiger charge is -2.51. The Morgan fingerprint density at radius 2 is 1.76 bits per heavy atom. The van der Waals surface area contributed by atoms with E-state index in [0.717, 1.165) is 0 Å². The predicted molar refractivity (Wildman–Crippen MR) is 59.6 cm³/mol. The number of carbonyl (C=O) groups is 2. The van der Waals surface area contributed by atoms with Crippen molar-refractivity contribution in [3.63, 3.8) is 0 Å². The van der Waals surface area contributed by atoms with Gasteiger partial charge in [0, 0.05) is 25.9 Å². The molecule has 1 amide bonds. The minimum Gasteiger partial charge on any atom is -0.481 e. The number of carbonyl (C=O) groups excluding carboxylic acids is 1. The van der Waals surface area contributed by atoms with Crippen molar-refractivity contribution in [3.05, 3.63) is 0 Å². The van der Waals surface area contributed by atoms with Crippen molar-refractivity contribution in [1.29, 1.82) is 0 Å². The van der Waals surface area contributed by atoms with E-state index < -0.39 is 54.7 Å². The summed E-state index contributed by atoms with van der Waals surface area (Å²) < 4.78 is 63.4. The maximum atomic E-state index is 13.1. The highest BCUT2D eigenvalue weighted by atomic mass is 19.4. The second kappa shape index (κ2) is 4.81. The Morgan fingerprint density at radius 1 is 1.19 bits per heavy atom. The molecule has 1 N–H and O–H groups in total. The SMILES string of the molecule is O=C(N1CCCC(C2(C(=O)O)CC(F)(F)C2)C1)C(F)(F)F. The molecule has 1 unspecified atom stereocenters. The van der Waals surface area contributed by atoms with Crippen LogP contribution in [0.15, 0.2) is 0 Å². The molecule has 2 aliphatic rings. The van der Waals surface area contributed by atoms with E-state index in [1.807, 2.05) is 0 Å². The molecule has 2 rings (SSSR count). The molecule has 0 aromatic rings. The number of amides is 1. The van der Waals surface area contributed by atoms with Crippen molar-refractivity contribution in [2.45, 2.75) is 37.8 Å². The van der Waals surface area contributed by atoms with Crippen LogP contribution < -0.4 is 0 Å². The zero-order valence-corrected chi connectivity index (χ0v) is 10.9. The van der Waals surface area contributed by atoms with E-state index in [0.29, 0.717) is 4.90 Å². The first kappa shape index (κ1) is 16.0. The van der Waals surface area contributed by atoms with Crippen molar-refractivity contribution in [2.75, 3.05) is 13.1 Å². The molecule has 1 saturated carbocycles. The number of nitrogens with zero attached hydrogens (tertiary/aromatic N) is 1. The van der Waals surface area contributed by atoms with E-state index in [1.54, 1.807) is 0 Å². The highest BCUT2D eigenvalue weighted by Crippen LogP contribution is 2.58. The first-order valence-electron chi connectivity index (χ1n) is 6.45. The van der Waals surface area contributed by atoms with Gasteiger partial charge in [-0.1, -0.05) is 0 Å². The quantitative estimate of drug-likeness (QED) is 0.796. The molecule has 1 aliphatic carbocycles. The van der Waals surface area contributed by atoms with E-state index in [4.69, 9.17) is 0 Å². The second-order valence-corrected chi connectivity index (χ2v) is 5.76. The molecule has 1 aliphatic heterocycles. The first-order chi connectivity index (χ1) is 9.48. The lowest BCUT2D eigenvalue weighted by Crippen LogP contribution is -2.59. The summed E-state index contributed by atoms with van der Waals surface area (Å²) in [4.78, 5) is 23.0. The third-order valence-electron chi connectivity index (χ3n) is 4.31. The molecule has 0 aromatic carbocycles. The third kappa shape index (κ3) is 2.82.